The molecule has 0 radical (unpaired) electrons. The molecule has 1 aliphatic carbocycles. The van der Waals surface area contributed by atoms with Crippen LogP contribution in [-0.4, -0.2) is 19.4 Å². The van der Waals surface area contributed by atoms with E-state index >= 15 is 0 Å². The maximum atomic E-state index is 12.5. The van der Waals surface area contributed by atoms with Crippen LogP contribution in [0.2, 0.25) is 0 Å². The van der Waals surface area contributed by atoms with Gasteiger partial charge in [0, 0.05) is 12.3 Å². The second-order valence-corrected chi connectivity index (χ2v) is 7.37. The molecule has 0 saturated heterocycles. The molecule has 0 aromatic carbocycles. The maximum absolute atomic E-state index is 12.5. The van der Waals surface area contributed by atoms with Gasteiger partial charge in [-0.2, -0.15) is 0 Å². The Labute approximate surface area is 91.7 Å². The first kappa shape index (κ1) is 12.4. The van der Waals surface area contributed by atoms with Gasteiger partial charge < -0.3 is 15.0 Å². The quantitative estimate of drug-likeness (QED) is 0.754. The molecule has 0 spiro atoms. The number of ether oxygens (including phenoxy) is 1. The molecular formula is C11H20NO2P. The van der Waals surface area contributed by atoms with Crippen molar-refractivity contribution in [2.75, 3.05) is 19.4 Å². The first-order valence-electron chi connectivity index (χ1n) is 5.39. The average Bonchev–Trinajstić information content (AvgIpc) is 2.28. The lowest BCUT2D eigenvalue weighted by Crippen LogP contribution is -2.09. The standard InChI is InChI=1S/C11H20NO2P/c1-4-15(13,5-2)9-6-7-10(12)11(8-9)14-3/h8H,4-7,12H2,1-3H3. The Morgan fingerprint density at radius 3 is 2.47 bits per heavy atom. The molecule has 0 amide bonds. The Bertz CT molecular complexity index is 336. The summed E-state index contributed by atoms with van der Waals surface area (Å²) in [6, 6.07) is 0. The summed E-state index contributed by atoms with van der Waals surface area (Å²) in [4.78, 5) is 0. The molecule has 3 nitrogen and oxygen atoms in total. The van der Waals surface area contributed by atoms with E-state index in [1.807, 2.05) is 19.9 Å². The van der Waals surface area contributed by atoms with Crippen molar-refractivity contribution in [1.29, 1.82) is 0 Å². The molecule has 2 N–H and O–H groups in total. The fourth-order valence-electron chi connectivity index (χ4n) is 1.84. The van der Waals surface area contributed by atoms with Crippen molar-refractivity contribution < 1.29 is 9.30 Å². The Balaban J connectivity index is 3.04. The van der Waals surface area contributed by atoms with E-state index in [0.29, 0.717) is 5.76 Å². The maximum Gasteiger partial charge on any atom is 0.137 e. The summed E-state index contributed by atoms with van der Waals surface area (Å²) in [5, 5.41) is 1.04. The van der Waals surface area contributed by atoms with Crippen molar-refractivity contribution in [3.05, 3.63) is 22.8 Å². The number of nitrogens with two attached hydrogens (primary N) is 1. The highest BCUT2D eigenvalue weighted by Crippen LogP contribution is 2.56. The van der Waals surface area contributed by atoms with Crippen molar-refractivity contribution in [3.8, 4) is 0 Å². The topological polar surface area (TPSA) is 52.3 Å². The fourth-order valence-corrected chi connectivity index (χ4v) is 3.97. The fraction of sp³-hybridized carbons (Fsp3) is 0.636. The predicted molar refractivity (Wildman–Crippen MR) is 64.2 cm³/mol. The zero-order valence-corrected chi connectivity index (χ0v) is 10.6. The normalized spacial score (nSPS) is 17.7. The summed E-state index contributed by atoms with van der Waals surface area (Å²) in [6.45, 7) is 3.97. The molecule has 86 valence electrons. The van der Waals surface area contributed by atoms with Crippen LogP contribution < -0.4 is 5.73 Å². The average molecular weight is 229 g/mol. The third kappa shape index (κ3) is 2.46. The van der Waals surface area contributed by atoms with Crippen LogP contribution in [0.5, 0.6) is 0 Å². The lowest BCUT2D eigenvalue weighted by atomic mass is 10.1. The van der Waals surface area contributed by atoms with Gasteiger partial charge in [-0.1, -0.05) is 13.8 Å². The van der Waals surface area contributed by atoms with Crippen LogP contribution in [0.15, 0.2) is 22.8 Å². The van der Waals surface area contributed by atoms with Crippen molar-refractivity contribution in [1.82, 2.24) is 0 Å². The van der Waals surface area contributed by atoms with Crippen LogP contribution >= 0.6 is 7.14 Å². The minimum absolute atomic E-state index is 0.693. The van der Waals surface area contributed by atoms with Crippen LogP contribution in [0.25, 0.3) is 0 Å². The van der Waals surface area contributed by atoms with E-state index in [1.54, 1.807) is 7.11 Å². The largest absolute Gasteiger partial charge is 0.495 e. The van der Waals surface area contributed by atoms with E-state index in [-0.39, 0.29) is 0 Å². The van der Waals surface area contributed by atoms with E-state index in [1.165, 1.54) is 0 Å². The highest BCUT2D eigenvalue weighted by Gasteiger charge is 2.26. The lowest BCUT2D eigenvalue weighted by molar-refractivity contribution is 0.298. The lowest BCUT2D eigenvalue weighted by Gasteiger charge is -2.23. The molecule has 0 aromatic rings. The smallest absolute Gasteiger partial charge is 0.137 e. The molecule has 0 atom stereocenters. The van der Waals surface area contributed by atoms with E-state index in [4.69, 9.17) is 10.5 Å². The van der Waals surface area contributed by atoms with Crippen LogP contribution in [0.1, 0.15) is 26.7 Å². The minimum Gasteiger partial charge on any atom is -0.495 e. The number of methoxy groups -OCH3 is 1. The number of allylic oxidation sites excluding steroid dienone is 3. The van der Waals surface area contributed by atoms with E-state index < -0.39 is 7.14 Å². The monoisotopic (exact) mass is 229 g/mol. The Hall–Kier alpha value is -0.690. The molecule has 0 aliphatic heterocycles. The van der Waals surface area contributed by atoms with Crippen molar-refractivity contribution >= 4 is 7.14 Å². The number of hydrogen-bond donors (Lipinski definition) is 1. The highest BCUT2D eigenvalue weighted by molar-refractivity contribution is 7.68. The summed E-state index contributed by atoms with van der Waals surface area (Å²) in [5.41, 5.74) is 6.56. The van der Waals surface area contributed by atoms with Crippen LogP contribution in [-0.2, 0) is 9.30 Å². The van der Waals surface area contributed by atoms with Gasteiger partial charge in [-0.05, 0) is 24.2 Å². The molecule has 1 rings (SSSR count). The Morgan fingerprint density at radius 1 is 1.40 bits per heavy atom. The molecular weight excluding hydrogens is 209 g/mol. The Morgan fingerprint density at radius 2 is 2.00 bits per heavy atom. The first-order valence-corrected chi connectivity index (χ1v) is 7.47. The molecule has 0 aromatic heterocycles. The molecule has 0 fully saturated rings. The van der Waals surface area contributed by atoms with Gasteiger partial charge in [0.2, 0.25) is 0 Å². The molecule has 15 heavy (non-hydrogen) atoms. The minimum atomic E-state index is -2.14. The highest BCUT2D eigenvalue weighted by atomic mass is 31.2. The zero-order valence-electron chi connectivity index (χ0n) is 9.75. The van der Waals surface area contributed by atoms with Crippen molar-refractivity contribution in [3.63, 3.8) is 0 Å². The van der Waals surface area contributed by atoms with Gasteiger partial charge in [0.25, 0.3) is 0 Å². The Kier molecular flexibility index (Phi) is 4.04. The van der Waals surface area contributed by atoms with Gasteiger partial charge >= 0.3 is 0 Å². The van der Waals surface area contributed by atoms with Gasteiger partial charge in [-0.3, -0.25) is 0 Å². The second-order valence-electron chi connectivity index (χ2n) is 3.75. The second kappa shape index (κ2) is 4.89. The number of rotatable bonds is 4. The van der Waals surface area contributed by atoms with Crippen molar-refractivity contribution in [2.45, 2.75) is 26.7 Å². The third-order valence-electron chi connectivity index (χ3n) is 3.03. The van der Waals surface area contributed by atoms with Gasteiger partial charge in [0.05, 0.1) is 12.8 Å². The van der Waals surface area contributed by atoms with Crippen LogP contribution in [0.3, 0.4) is 0 Å². The van der Waals surface area contributed by atoms with Gasteiger partial charge in [0.1, 0.15) is 12.9 Å². The SMILES string of the molecule is CCP(=O)(CC)C1=CC(OC)=C(N)CC1. The molecule has 0 heterocycles. The zero-order chi connectivity index (χ0) is 11.5. The van der Waals surface area contributed by atoms with Gasteiger partial charge in [-0.15, -0.1) is 0 Å². The summed E-state index contributed by atoms with van der Waals surface area (Å²) < 4.78 is 17.7. The van der Waals surface area contributed by atoms with Crippen LogP contribution in [0, 0.1) is 0 Å². The van der Waals surface area contributed by atoms with Crippen LogP contribution in [0.4, 0.5) is 0 Å². The van der Waals surface area contributed by atoms with Crippen molar-refractivity contribution in [2.24, 2.45) is 5.73 Å². The molecule has 4 heteroatoms. The van der Waals surface area contributed by atoms with Gasteiger partial charge in [0.15, 0.2) is 0 Å². The molecule has 0 saturated carbocycles. The first-order chi connectivity index (χ1) is 7.07. The number of hydrogen-bond acceptors (Lipinski definition) is 3. The third-order valence-corrected chi connectivity index (χ3v) is 6.47. The molecule has 1 aliphatic rings. The summed E-state index contributed by atoms with van der Waals surface area (Å²) >= 11 is 0. The summed E-state index contributed by atoms with van der Waals surface area (Å²) in [7, 11) is -0.541. The summed E-state index contributed by atoms with van der Waals surface area (Å²) in [6.07, 6.45) is 4.92. The summed E-state index contributed by atoms with van der Waals surface area (Å²) in [5.74, 6) is 0.693. The predicted octanol–water partition coefficient (Wildman–Crippen LogP) is 2.88. The van der Waals surface area contributed by atoms with Gasteiger partial charge in [-0.25, -0.2) is 0 Å². The van der Waals surface area contributed by atoms with E-state index in [0.717, 1.165) is 36.2 Å². The van der Waals surface area contributed by atoms with E-state index in [9.17, 15) is 4.57 Å². The van der Waals surface area contributed by atoms with E-state index in [2.05, 4.69) is 0 Å². The molecule has 0 unspecified atom stereocenters. The molecule has 0 bridgehead atoms.